The van der Waals surface area contributed by atoms with Crippen LogP contribution in [0.1, 0.15) is 56.1 Å². The van der Waals surface area contributed by atoms with Crippen LogP contribution in [0, 0.1) is 12.8 Å². The minimum atomic E-state index is 0.157. The summed E-state index contributed by atoms with van der Waals surface area (Å²) >= 11 is 0. The molecule has 1 atom stereocenters. The topological polar surface area (TPSA) is 54.7 Å². The second kappa shape index (κ2) is 4.79. The summed E-state index contributed by atoms with van der Waals surface area (Å²) in [5.74, 6) is 1.61. The molecule has 3 heteroatoms. The number of H-pyrrole nitrogens is 1. The van der Waals surface area contributed by atoms with Gasteiger partial charge in [0.05, 0.1) is 5.69 Å². The highest BCUT2D eigenvalue weighted by atomic mass is 14.9. The zero-order valence-electron chi connectivity index (χ0n) is 9.50. The molecule has 1 fully saturated rings. The van der Waals surface area contributed by atoms with Crippen LogP contribution in [-0.4, -0.2) is 9.97 Å². The first-order valence-corrected chi connectivity index (χ1v) is 6.04. The fourth-order valence-electron chi connectivity index (χ4n) is 2.53. The van der Waals surface area contributed by atoms with Crippen molar-refractivity contribution in [3.05, 3.63) is 17.7 Å². The van der Waals surface area contributed by atoms with Gasteiger partial charge >= 0.3 is 0 Å². The molecule has 1 aliphatic rings. The summed E-state index contributed by atoms with van der Waals surface area (Å²) in [7, 11) is 0. The second-order valence-electron chi connectivity index (χ2n) is 4.70. The monoisotopic (exact) mass is 207 g/mol. The molecule has 3 N–H and O–H groups in total. The van der Waals surface area contributed by atoms with Crippen molar-refractivity contribution in [1.82, 2.24) is 9.97 Å². The zero-order chi connectivity index (χ0) is 10.7. The number of nitrogens with zero attached hydrogens (tertiary/aromatic N) is 1. The van der Waals surface area contributed by atoms with E-state index in [0.717, 1.165) is 11.5 Å². The van der Waals surface area contributed by atoms with E-state index in [2.05, 4.69) is 9.97 Å². The Balaban J connectivity index is 2.02. The Morgan fingerprint density at radius 2 is 2.00 bits per heavy atom. The minimum absolute atomic E-state index is 0.157. The number of nitrogens with one attached hydrogen (secondary N) is 1. The number of rotatable bonds is 2. The highest BCUT2D eigenvalue weighted by Gasteiger charge is 2.21. The number of aromatic amines is 1. The van der Waals surface area contributed by atoms with Crippen LogP contribution in [0.5, 0.6) is 0 Å². The van der Waals surface area contributed by atoms with Crippen LogP contribution in [0.15, 0.2) is 6.20 Å². The Morgan fingerprint density at radius 3 is 2.53 bits per heavy atom. The zero-order valence-corrected chi connectivity index (χ0v) is 9.50. The lowest BCUT2D eigenvalue weighted by Gasteiger charge is -2.20. The summed E-state index contributed by atoms with van der Waals surface area (Å²) < 4.78 is 0. The molecule has 3 nitrogen and oxygen atoms in total. The molecule has 0 aliphatic heterocycles. The second-order valence-corrected chi connectivity index (χ2v) is 4.70. The standard InChI is InChI=1S/C12H21N3/c1-9-14-8-11(15-9)12(13)10-6-4-2-3-5-7-10/h8,10,12H,2-7,13H2,1H3,(H,14,15). The van der Waals surface area contributed by atoms with Crippen LogP contribution < -0.4 is 5.73 Å². The largest absolute Gasteiger partial charge is 0.345 e. The Kier molecular flexibility index (Phi) is 3.41. The number of nitrogens with two attached hydrogens (primary N) is 1. The van der Waals surface area contributed by atoms with E-state index in [1.165, 1.54) is 38.5 Å². The van der Waals surface area contributed by atoms with Gasteiger partial charge < -0.3 is 10.7 Å². The van der Waals surface area contributed by atoms with Gasteiger partial charge in [-0.05, 0) is 25.7 Å². The molecular formula is C12H21N3. The highest BCUT2D eigenvalue weighted by molar-refractivity contribution is 5.06. The molecule has 0 saturated heterocycles. The Hall–Kier alpha value is -0.830. The van der Waals surface area contributed by atoms with Crippen LogP contribution in [0.2, 0.25) is 0 Å². The van der Waals surface area contributed by atoms with E-state index in [1.54, 1.807) is 0 Å². The molecule has 0 radical (unpaired) electrons. The lowest BCUT2D eigenvalue weighted by molar-refractivity contribution is 0.377. The Morgan fingerprint density at radius 1 is 1.33 bits per heavy atom. The summed E-state index contributed by atoms with van der Waals surface area (Å²) in [6, 6.07) is 0.157. The number of aromatic nitrogens is 2. The van der Waals surface area contributed by atoms with Crippen LogP contribution in [-0.2, 0) is 0 Å². The van der Waals surface area contributed by atoms with Crippen molar-refractivity contribution in [1.29, 1.82) is 0 Å². The van der Waals surface area contributed by atoms with Crippen molar-refractivity contribution in [2.45, 2.75) is 51.5 Å². The molecule has 15 heavy (non-hydrogen) atoms. The lowest BCUT2D eigenvalue weighted by Crippen LogP contribution is -2.21. The molecule has 0 bridgehead atoms. The molecule has 0 spiro atoms. The van der Waals surface area contributed by atoms with Gasteiger partial charge in [0, 0.05) is 12.2 Å². The fourth-order valence-corrected chi connectivity index (χ4v) is 2.53. The van der Waals surface area contributed by atoms with E-state index >= 15 is 0 Å². The van der Waals surface area contributed by atoms with Gasteiger partial charge in [-0.2, -0.15) is 0 Å². The van der Waals surface area contributed by atoms with Crippen LogP contribution in [0.3, 0.4) is 0 Å². The smallest absolute Gasteiger partial charge is 0.103 e. The van der Waals surface area contributed by atoms with Crippen molar-refractivity contribution >= 4 is 0 Å². The molecule has 0 aromatic carbocycles. The Labute approximate surface area is 91.5 Å². The van der Waals surface area contributed by atoms with Gasteiger partial charge in [-0.3, -0.25) is 0 Å². The van der Waals surface area contributed by atoms with Crippen molar-refractivity contribution in [3.63, 3.8) is 0 Å². The third-order valence-electron chi connectivity index (χ3n) is 3.49. The van der Waals surface area contributed by atoms with Crippen molar-refractivity contribution in [3.8, 4) is 0 Å². The fraction of sp³-hybridized carbons (Fsp3) is 0.750. The van der Waals surface area contributed by atoms with Gasteiger partial charge in [0.1, 0.15) is 5.82 Å². The van der Waals surface area contributed by atoms with Gasteiger partial charge in [0.25, 0.3) is 0 Å². The molecule has 1 saturated carbocycles. The van der Waals surface area contributed by atoms with Gasteiger partial charge in [0.15, 0.2) is 0 Å². The van der Waals surface area contributed by atoms with E-state index in [4.69, 9.17) is 5.73 Å². The van der Waals surface area contributed by atoms with Gasteiger partial charge in [-0.25, -0.2) is 4.98 Å². The maximum atomic E-state index is 6.28. The molecule has 1 unspecified atom stereocenters. The summed E-state index contributed by atoms with van der Waals surface area (Å²) in [4.78, 5) is 7.48. The van der Waals surface area contributed by atoms with E-state index in [1.807, 2.05) is 13.1 Å². The predicted molar refractivity (Wildman–Crippen MR) is 61.4 cm³/mol. The predicted octanol–water partition coefficient (Wildman–Crippen LogP) is 2.69. The van der Waals surface area contributed by atoms with Gasteiger partial charge in [-0.15, -0.1) is 0 Å². The van der Waals surface area contributed by atoms with Crippen LogP contribution in [0.4, 0.5) is 0 Å². The third-order valence-corrected chi connectivity index (χ3v) is 3.49. The molecule has 84 valence electrons. The van der Waals surface area contributed by atoms with E-state index in [0.29, 0.717) is 5.92 Å². The summed E-state index contributed by atoms with van der Waals surface area (Å²) in [6.45, 7) is 1.98. The van der Waals surface area contributed by atoms with Gasteiger partial charge in [-0.1, -0.05) is 25.7 Å². The van der Waals surface area contributed by atoms with Crippen molar-refractivity contribution in [2.75, 3.05) is 0 Å². The number of hydrogen-bond donors (Lipinski definition) is 2. The first-order valence-electron chi connectivity index (χ1n) is 6.04. The maximum absolute atomic E-state index is 6.28. The van der Waals surface area contributed by atoms with Gasteiger partial charge in [0.2, 0.25) is 0 Å². The van der Waals surface area contributed by atoms with E-state index in [9.17, 15) is 0 Å². The molecule has 1 aromatic heterocycles. The highest BCUT2D eigenvalue weighted by Crippen LogP contribution is 2.31. The number of hydrogen-bond acceptors (Lipinski definition) is 2. The number of aryl methyl sites for hydroxylation is 1. The Bertz CT molecular complexity index is 298. The summed E-state index contributed by atoms with van der Waals surface area (Å²) in [5.41, 5.74) is 7.39. The molecular weight excluding hydrogens is 186 g/mol. The first-order chi connectivity index (χ1) is 7.27. The third kappa shape index (κ3) is 2.59. The molecule has 1 heterocycles. The summed E-state index contributed by atoms with van der Waals surface area (Å²) in [5, 5.41) is 0. The van der Waals surface area contributed by atoms with Crippen molar-refractivity contribution < 1.29 is 0 Å². The van der Waals surface area contributed by atoms with Crippen molar-refractivity contribution in [2.24, 2.45) is 11.7 Å². The molecule has 1 aromatic rings. The lowest BCUT2D eigenvalue weighted by atomic mass is 9.91. The first kappa shape index (κ1) is 10.7. The van der Waals surface area contributed by atoms with Crippen LogP contribution in [0.25, 0.3) is 0 Å². The summed E-state index contributed by atoms with van der Waals surface area (Å²) in [6.07, 6.45) is 9.89. The van der Waals surface area contributed by atoms with E-state index < -0.39 is 0 Å². The SMILES string of the molecule is Cc1ncc(C(N)C2CCCCCC2)[nH]1. The quantitative estimate of drug-likeness (QED) is 0.732. The molecule has 1 aliphatic carbocycles. The average molecular weight is 207 g/mol. The number of imidazole rings is 1. The minimum Gasteiger partial charge on any atom is -0.345 e. The average Bonchev–Trinajstić information content (AvgIpc) is 2.53. The maximum Gasteiger partial charge on any atom is 0.103 e. The van der Waals surface area contributed by atoms with Crippen LogP contribution >= 0.6 is 0 Å². The van der Waals surface area contributed by atoms with E-state index in [-0.39, 0.29) is 6.04 Å². The molecule has 2 rings (SSSR count). The molecule has 0 amide bonds. The normalized spacial score (nSPS) is 21.2.